The number of carbonyl (C=O) groups excluding carboxylic acids is 1. The molecule has 3 heteroatoms. The van der Waals surface area contributed by atoms with E-state index in [0.29, 0.717) is 18.6 Å². The molecule has 2 saturated carbocycles. The summed E-state index contributed by atoms with van der Waals surface area (Å²) in [5, 5.41) is 20.2. The Morgan fingerprint density at radius 2 is 1.95 bits per heavy atom. The molecule has 0 bridgehead atoms. The van der Waals surface area contributed by atoms with Crippen molar-refractivity contribution in [3.8, 4) is 11.8 Å². The summed E-state index contributed by atoms with van der Waals surface area (Å²) < 4.78 is 0. The molecule has 2 fully saturated rings. The van der Waals surface area contributed by atoms with Crippen molar-refractivity contribution in [2.45, 2.75) is 77.4 Å². The third kappa shape index (κ3) is 3.91. The minimum atomic E-state index is -0.597. The highest BCUT2D eigenvalue weighted by Crippen LogP contribution is 2.49. The molecule has 6 atom stereocenters. The van der Waals surface area contributed by atoms with E-state index in [0.717, 1.165) is 19.3 Å². The predicted molar refractivity (Wildman–Crippen MR) is 87.0 cm³/mol. The highest BCUT2D eigenvalue weighted by molar-refractivity contribution is 5.90. The van der Waals surface area contributed by atoms with Gasteiger partial charge in [-0.05, 0) is 31.6 Å². The molecule has 0 heterocycles. The molecule has 1 unspecified atom stereocenters. The average Bonchev–Trinajstić information content (AvgIpc) is 2.52. The van der Waals surface area contributed by atoms with Crippen LogP contribution in [0.3, 0.4) is 0 Å². The second-order valence-corrected chi connectivity index (χ2v) is 7.05. The number of rotatable bonds is 6. The summed E-state index contributed by atoms with van der Waals surface area (Å²) in [7, 11) is 0. The Balaban J connectivity index is 1.82. The first-order valence-electron chi connectivity index (χ1n) is 8.97. The monoisotopic (exact) mass is 306 g/mol. The van der Waals surface area contributed by atoms with Gasteiger partial charge in [0.25, 0.3) is 0 Å². The zero-order chi connectivity index (χ0) is 16.1. The van der Waals surface area contributed by atoms with Gasteiger partial charge in [0.1, 0.15) is 11.9 Å². The van der Waals surface area contributed by atoms with E-state index in [1.165, 1.54) is 19.3 Å². The van der Waals surface area contributed by atoms with Crippen molar-refractivity contribution in [1.29, 1.82) is 0 Å². The molecule has 2 N–H and O–H groups in total. The van der Waals surface area contributed by atoms with Gasteiger partial charge >= 0.3 is 0 Å². The number of hydrogen-bond acceptors (Lipinski definition) is 3. The molecular formula is C19H30O3. The molecule has 0 aromatic carbocycles. The largest absolute Gasteiger partial charge is 0.392 e. The summed E-state index contributed by atoms with van der Waals surface area (Å²) in [6.07, 6.45) is 6.98. The average molecular weight is 306 g/mol. The van der Waals surface area contributed by atoms with Crippen molar-refractivity contribution in [2.75, 3.05) is 0 Å². The van der Waals surface area contributed by atoms with Gasteiger partial charge in [-0.2, -0.15) is 0 Å². The van der Waals surface area contributed by atoms with Crippen LogP contribution in [0.15, 0.2) is 0 Å². The molecule has 0 saturated heterocycles. The van der Waals surface area contributed by atoms with Crippen LogP contribution in [-0.2, 0) is 4.79 Å². The summed E-state index contributed by atoms with van der Waals surface area (Å²) in [5.74, 6) is 6.54. The van der Waals surface area contributed by atoms with Crippen LogP contribution < -0.4 is 0 Å². The quantitative estimate of drug-likeness (QED) is 0.586. The van der Waals surface area contributed by atoms with Crippen LogP contribution in [0.2, 0.25) is 0 Å². The zero-order valence-corrected chi connectivity index (χ0v) is 13.9. The van der Waals surface area contributed by atoms with Crippen LogP contribution in [-0.4, -0.2) is 28.2 Å². The lowest BCUT2D eigenvalue weighted by Gasteiger charge is -2.49. The molecule has 124 valence electrons. The summed E-state index contributed by atoms with van der Waals surface area (Å²) in [6.45, 7) is 4.13. The van der Waals surface area contributed by atoms with E-state index >= 15 is 0 Å². The second-order valence-electron chi connectivity index (χ2n) is 7.05. The van der Waals surface area contributed by atoms with E-state index < -0.39 is 12.2 Å². The number of ketones is 1. The number of aliphatic hydroxyl groups is 2. The first-order valence-corrected chi connectivity index (χ1v) is 8.97. The molecule has 0 spiro atoms. The summed E-state index contributed by atoms with van der Waals surface area (Å²) >= 11 is 0. The lowest BCUT2D eigenvalue weighted by molar-refractivity contribution is -0.151. The number of carbonyl (C=O) groups is 1. The topological polar surface area (TPSA) is 57.5 Å². The van der Waals surface area contributed by atoms with Gasteiger partial charge in [-0.15, -0.1) is 0 Å². The Kier molecular flexibility index (Phi) is 6.47. The minimum absolute atomic E-state index is 0.0189. The van der Waals surface area contributed by atoms with Gasteiger partial charge < -0.3 is 10.2 Å². The van der Waals surface area contributed by atoms with Gasteiger partial charge in [-0.1, -0.05) is 51.4 Å². The van der Waals surface area contributed by atoms with Crippen molar-refractivity contribution in [1.82, 2.24) is 0 Å². The number of Topliss-reactive ketones (excluding diaryl/α,β-unsaturated/α-hetero) is 1. The van der Waals surface area contributed by atoms with Crippen LogP contribution >= 0.6 is 0 Å². The lowest BCUT2D eigenvalue weighted by atomic mass is 9.53. The number of unbranched alkanes of at least 4 members (excludes halogenated alkanes) is 4. The van der Waals surface area contributed by atoms with Crippen molar-refractivity contribution in [3.63, 3.8) is 0 Å². The fourth-order valence-electron chi connectivity index (χ4n) is 4.03. The molecule has 3 nitrogen and oxygen atoms in total. The van der Waals surface area contributed by atoms with Gasteiger partial charge in [-0.25, -0.2) is 0 Å². The van der Waals surface area contributed by atoms with Crippen molar-refractivity contribution >= 4 is 5.78 Å². The fraction of sp³-hybridized carbons (Fsp3) is 0.842. The Labute approximate surface area is 134 Å². The van der Waals surface area contributed by atoms with E-state index in [9.17, 15) is 15.0 Å². The maximum absolute atomic E-state index is 11.8. The maximum atomic E-state index is 11.8. The fourth-order valence-corrected chi connectivity index (χ4v) is 4.03. The third-order valence-corrected chi connectivity index (χ3v) is 5.46. The molecule has 0 amide bonds. The van der Waals surface area contributed by atoms with Crippen molar-refractivity contribution < 1.29 is 15.0 Å². The minimum Gasteiger partial charge on any atom is -0.392 e. The third-order valence-electron chi connectivity index (χ3n) is 5.46. The standard InChI is InChI=1S/C19H30O3/c1-3-4-5-6-7-8-14(20)9-10-15-17(21)12-11-16-18(15)13(2)19(16)22/h13-18,20-21H,3-8,11-12H2,1-2H3/t13?,14-,15+,16+,17-,18-/m0/s1. The lowest BCUT2D eigenvalue weighted by Crippen LogP contribution is -2.55. The van der Waals surface area contributed by atoms with E-state index in [1.54, 1.807) is 0 Å². The van der Waals surface area contributed by atoms with Gasteiger partial charge in [0.2, 0.25) is 0 Å². The Morgan fingerprint density at radius 1 is 1.23 bits per heavy atom. The molecule has 2 aliphatic carbocycles. The SMILES string of the molecule is CCCCCCC[C@H](O)C#C[C@H]1[C@@H]2C(C)C(=O)[C@@H]2CC[C@@H]1O. The Hall–Kier alpha value is -0.850. The number of aliphatic hydroxyl groups excluding tert-OH is 2. The smallest absolute Gasteiger partial charge is 0.139 e. The molecule has 0 aromatic rings. The van der Waals surface area contributed by atoms with Crippen LogP contribution in [0.1, 0.15) is 65.2 Å². The van der Waals surface area contributed by atoms with Gasteiger partial charge in [-0.3, -0.25) is 4.79 Å². The molecule has 0 aliphatic heterocycles. The number of hydrogen-bond donors (Lipinski definition) is 2. The molecule has 22 heavy (non-hydrogen) atoms. The van der Waals surface area contributed by atoms with E-state index in [4.69, 9.17) is 0 Å². The Morgan fingerprint density at radius 3 is 2.68 bits per heavy atom. The normalized spacial score (nSPS) is 35.1. The van der Waals surface area contributed by atoms with Crippen LogP contribution in [0.4, 0.5) is 0 Å². The van der Waals surface area contributed by atoms with Crippen molar-refractivity contribution in [3.05, 3.63) is 0 Å². The van der Waals surface area contributed by atoms with Gasteiger partial charge in [0.05, 0.1) is 12.0 Å². The first kappa shape index (κ1) is 17.5. The highest BCUT2D eigenvalue weighted by atomic mass is 16.3. The van der Waals surface area contributed by atoms with Crippen LogP contribution in [0, 0.1) is 35.5 Å². The summed E-state index contributed by atoms with van der Waals surface area (Å²) in [6, 6.07) is 0. The molecule has 2 rings (SSSR count). The first-order chi connectivity index (χ1) is 10.6. The molecule has 2 aliphatic rings. The Bertz CT molecular complexity index is 434. The second kappa shape index (κ2) is 8.13. The van der Waals surface area contributed by atoms with Gasteiger partial charge in [0, 0.05) is 11.8 Å². The molecular weight excluding hydrogens is 276 g/mol. The zero-order valence-electron chi connectivity index (χ0n) is 13.9. The number of fused-ring (bicyclic) bond motifs is 1. The van der Waals surface area contributed by atoms with Crippen molar-refractivity contribution in [2.24, 2.45) is 23.7 Å². The van der Waals surface area contributed by atoms with Crippen LogP contribution in [0.25, 0.3) is 0 Å². The summed E-state index contributed by atoms with van der Waals surface area (Å²) in [4.78, 5) is 11.8. The predicted octanol–water partition coefficient (Wildman–Crippen LogP) is 2.93. The highest BCUT2D eigenvalue weighted by Gasteiger charge is 2.54. The molecule has 0 radical (unpaired) electrons. The summed E-state index contributed by atoms with van der Waals surface area (Å²) in [5.41, 5.74) is 0. The van der Waals surface area contributed by atoms with E-state index in [2.05, 4.69) is 18.8 Å². The molecule has 0 aromatic heterocycles. The van der Waals surface area contributed by atoms with E-state index in [1.807, 2.05) is 6.92 Å². The van der Waals surface area contributed by atoms with E-state index in [-0.39, 0.29) is 23.7 Å². The maximum Gasteiger partial charge on any atom is 0.139 e. The van der Waals surface area contributed by atoms with Gasteiger partial charge in [0.15, 0.2) is 0 Å². The van der Waals surface area contributed by atoms with Crippen LogP contribution in [0.5, 0.6) is 0 Å².